The van der Waals surface area contributed by atoms with Crippen molar-refractivity contribution < 1.29 is 14.8 Å². The minimum Gasteiger partial charge on any atom is -0.508 e. The van der Waals surface area contributed by atoms with E-state index in [0.29, 0.717) is 12.2 Å². The minimum absolute atomic E-state index is 0.207. The van der Waals surface area contributed by atoms with E-state index in [1.54, 1.807) is 19.1 Å². The molecule has 1 aromatic carbocycles. The summed E-state index contributed by atoms with van der Waals surface area (Å²) >= 11 is 0. The number of phenolic OH excluding ortho intramolecular Hbond substituents is 1. The first-order chi connectivity index (χ1) is 5.70. The first kappa shape index (κ1) is 7.64. The molecule has 1 heterocycles. The lowest BCUT2D eigenvalue weighted by molar-refractivity contribution is 0.275. The van der Waals surface area contributed by atoms with Gasteiger partial charge in [-0.1, -0.05) is 6.07 Å². The normalized spacial score (nSPS) is 15.0. The molecule has 62 valence electrons. The predicted octanol–water partition coefficient (Wildman–Crippen LogP) is -0.0817. The van der Waals surface area contributed by atoms with E-state index in [2.05, 4.69) is 0 Å². The van der Waals surface area contributed by atoms with Crippen molar-refractivity contribution in [2.45, 2.75) is 13.5 Å². The van der Waals surface area contributed by atoms with Gasteiger partial charge < -0.3 is 14.8 Å². The number of hydrogen-bond donors (Lipinski definition) is 2. The van der Waals surface area contributed by atoms with Crippen molar-refractivity contribution in [2.75, 3.05) is 0 Å². The van der Waals surface area contributed by atoms with E-state index < -0.39 is 7.12 Å². The van der Waals surface area contributed by atoms with Crippen LogP contribution in [0.1, 0.15) is 11.1 Å². The van der Waals surface area contributed by atoms with Crippen LogP contribution in [0.2, 0.25) is 0 Å². The number of rotatable bonds is 0. The van der Waals surface area contributed by atoms with Gasteiger partial charge in [0.25, 0.3) is 0 Å². The average molecular weight is 164 g/mol. The zero-order chi connectivity index (χ0) is 8.72. The lowest BCUT2D eigenvalue weighted by atomic mass is 9.76. The van der Waals surface area contributed by atoms with Crippen LogP contribution in [-0.2, 0) is 11.3 Å². The minimum atomic E-state index is -0.868. The van der Waals surface area contributed by atoms with Crippen LogP contribution in [0.25, 0.3) is 0 Å². The molecule has 0 spiro atoms. The maximum absolute atomic E-state index is 9.35. The van der Waals surface area contributed by atoms with E-state index in [0.717, 1.165) is 11.0 Å². The third kappa shape index (κ3) is 0.923. The largest absolute Gasteiger partial charge is 0.508 e. The SMILES string of the molecule is Cc1c(O)ccc2c1B(O)OC2. The molecule has 12 heavy (non-hydrogen) atoms. The molecule has 4 heteroatoms. The molecule has 0 amide bonds. The van der Waals surface area contributed by atoms with E-state index in [9.17, 15) is 10.1 Å². The summed E-state index contributed by atoms with van der Waals surface area (Å²) in [5.74, 6) is 0.207. The van der Waals surface area contributed by atoms with Gasteiger partial charge in [-0.05, 0) is 29.6 Å². The maximum Gasteiger partial charge on any atom is 0.492 e. The van der Waals surface area contributed by atoms with Gasteiger partial charge in [0.2, 0.25) is 0 Å². The highest BCUT2D eigenvalue weighted by Crippen LogP contribution is 2.19. The number of benzene rings is 1. The molecule has 2 rings (SSSR count). The van der Waals surface area contributed by atoms with Crippen LogP contribution in [0.3, 0.4) is 0 Å². The lowest BCUT2D eigenvalue weighted by Crippen LogP contribution is -2.30. The van der Waals surface area contributed by atoms with Gasteiger partial charge in [-0.3, -0.25) is 0 Å². The van der Waals surface area contributed by atoms with E-state index in [1.807, 2.05) is 0 Å². The third-order valence-corrected chi connectivity index (χ3v) is 2.22. The van der Waals surface area contributed by atoms with Crippen molar-refractivity contribution in [1.82, 2.24) is 0 Å². The second kappa shape index (κ2) is 2.50. The highest BCUT2D eigenvalue weighted by molar-refractivity contribution is 6.62. The van der Waals surface area contributed by atoms with Crippen LogP contribution in [0.5, 0.6) is 5.75 Å². The lowest BCUT2D eigenvalue weighted by Gasteiger charge is -2.04. The smallest absolute Gasteiger partial charge is 0.492 e. The molecule has 1 aliphatic rings. The van der Waals surface area contributed by atoms with Crippen molar-refractivity contribution in [3.8, 4) is 5.75 Å². The summed E-state index contributed by atoms with van der Waals surface area (Å²) in [5, 5.41) is 18.7. The molecular formula is C8H9BO3. The highest BCUT2D eigenvalue weighted by Gasteiger charge is 2.29. The van der Waals surface area contributed by atoms with Gasteiger partial charge in [-0.15, -0.1) is 0 Å². The quantitative estimate of drug-likeness (QED) is 0.527. The summed E-state index contributed by atoms with van der Waals surface area (Å²) in [6.45, 7) is 2.20. The number of fused-ring (bicyclic) bond motifs is 1. The molecule has 0 fully saturated rings. The van der Waals surface area contributed by atoms with Gasteiger partial charge in [0, 0.05) is 0 Å². The van der Waals surface area contributed by atoms with E-state index >= 15 is 0 Å². The molecule has 0 radical (unpaired) electrons. The Hall–Kier alpha value is -0.995. The van der Waals surface area contributed by atoms with Crippen LogP contribution in [0, 0.1) is 6.92 Å². The first-order valence-electron chi connectivity index (χ1n) is 3.81. The summed E-state index contributed by atoms with van der Waals surface area (Å²) in [7, 11) is -0.868. The van der Waals surface area contributed by atoms with Crippen molar-refractivity contribution >= 4 is 12.6 Å². The fraction of sp³-hybridized carbons (Fsp3) is 0.250. The van der Waals surface area contributed by atoms with Crippen LogP contribution in [0.4, 0.5) is 0 Å². The molecule has 2 N–H and O–H groups in total. The van der Waals surface area contributed by atoms with Gasteiger partial charge in [-0.2, -0.15) is 0 Å². The predicted molar refractivity (Wildman–Crippen MR) is 45.2 cm³/mol. The van der Waals surface area contributed by atoms with Crippen molar-refractivity contribution in [1.29, 1.82) is 0 Å². The molecule has 0 saturated carbocycles. The molecule has 1 aromatic rings. The highest BCUT2D eigenvalue weighted by atomic mass is 16.5. The Kier molecular flexibility index (Phi) is 1.59. The zero-order valence-electron chi connectivity index (χ0n) is 6.74. The van der Waals surface area contributed by atoms with Crippen molar-refractivity contribution in [2.24, 2.45) is 0 Å². The molecule has 1 aliphatic heterocycles. The maximum atomic E-state index is 9.35. The van der Waals surface area contributed by atoms with Crippen molar-refractivity contribution in [3.05, 3.63) is 23.3 Å². The van der Waals surface area contributed by atoms with Gasteiger partial charge >= 0.3 is 7.12 Å². The van der Waals surface area contributed by atoms with Gasteiger partial charge in [0.15, 0.2) is 0 Å². The average Bonchev–Trinajstić information content (AvgIpc) is 2.41. The summed E-state index contributed by atoms with van der Waals surface area (Å²) < 4.78 is 5.00. The number of phenols is 1. The standard InChI is InChI=1S/C8H9BO3/c1-5-7(10)3-2-6-4-12-9(11)8(5)6/h2-3,10-11H,4H2,1H3. The molecule has 0 unspecified atom stereocenters. The van der Waals surface area contributed by atoms with E-state index in [4.69, 9.17) is 4.65 Å². The summed E-state index contributed by atoms with van der Waals surface area (Å²) in [4.78, 5) is 0. The fourth-order valence-electron chi connectivity index (χ4n) is 1.49. The van der Waals surface area contributed by atoms with Crippen LogP contribution >= 0.6 is 0 Å². The van der Waals surface area contributed by atoms with Crippen LogP contribution < -0.4 is 5.46 Å². The third-order valence-electron chi connectivity index (χ3n) is 2.22. The summed E-state index contributed by atoms with van der Waals surface area (Å²) in [5.41, 5.74) is 2.38. The molecule has 0 aliphatic carbocycles. The van der Waals surface area contributed by atoms with E-state index in [-0.39, 0.29) is 5.75 Å². The van der Waals surface area contributed by atoms with E-state index in [1.165, 1.54) is 0 Å². The summed E-state index contributed by atoms with van der Waals surface area (Å²) in [6.07, 6.45) is 0. The Morgan fingerprint density at radius 1 is 1.50 bits per heavy atom. The zero-order valence-corrected chi connectivity index (χ0v) is 6.74. The molecule has 3 nitrogen and oxygen atoms in total. The Labute approximate surface area is 70.8 Å². The second-order valence-electron chi connectivity index (χ2n) is 2.95. The molecule has 0 atom stereocenters. The molecule has 0 bridgehead atoms. The Morgan fingerprint density at radius 3 is 3.00 bits per heavy atom. The topological polar surface area (TPSA) is 49.7 Å². The molecular weight excluding hydrogens is 155 g/mol. The molecule has 0 aromatic heterocycles. The van der Waals surface area contributed by atoms with Crippen LogP contribution in [0.15, 0.2) is 12.1 Å². The van der Waals surface area contributed by atoms with Gasteiger partial charge in [-0.25, -0.2) is 0 Å². The second-order valence-corrected chi connectivity index (χ2v) is 2.95. The molecule has 0 saturated heterocycles. The Morgan fingerprint density at radius 2 is 2.25 bits per heavy atom. The number of hydrogen-bond acceptors (Lipinski definition) is 3. The first-order valence-corrected chi connectivity index (χ1v) is 3.81. The number of aromatic hydroxyl groups is 1. The monoisotopic (exact) mass is 164 g/mol. The van der Waals surface area contributed by atoms with Crippen LogP contribution in [-0.4, -0.2) is 17.2 Å². The summed E-state index contributed by atoms with van der Waals surface area (Å²) in [6, 6.07) is 3.39. The Balaban J connectivity index is 2.63. The fourth-order valence-corrected chi connectivity index (χ4v) is 1.49. The van der Waals surface area contributed by atoms with Gasteiger partial charge in [0.1, 0.15) is 5.75 Å². The van der Waals surface area contributed by atoms with Crippen molar-refractivity contribution in [3.63, 3.8) is 0 Å². The Bertz CT molecular complexity index is 324. The van der Waals surface area contributed by atoms with Gasteiger partial charge in [0.05, 0.1) is 6.61 Å².